The van der Waals surface area contributed by atoms with Gasteiger partial charge in [0.05, 0.1) is 18.2 Å². The van der Waals surface area contributed by atoms with Gasteiger partial charge in [0.1, 0.15) is 5.15 Å². The molecule has 0 spiro atoms. The summed E-state index contributed by atoms with van der Waals surface area (Å²) in [7, 11) is 0. The molecule has 0 radical (unpaired) electrons. The van der Waals surface area contributed by atoms with Gasteiger partial charge in [0.25, 0.3) is 0 Å². The number of nitrogens with two attached hydrogens (primary N) is 1. The molecule has 0 saturated carbocycles. The monoisotopic (exact) mass is 296 g/mol. The first-order valence-electron chi connectivity index (χ1n) is 6.16. The van der Waals surface area contributed by atoms with Gasteiger partial charge in [-0.1, -0.05) is 29.8 Å². The molecule has 20 heavy (non-hydrogen) atoms. The van der Waals surface area contributed by atoms with Gasteiger partial charge in [0.2, 0.25) is 6.17 Å². The quantitative estimate of drug-likeness (QED) is 0.696. The molecule has 0 aliphatic carbocycles. The van der Waals surface area contributed by atoms with E-state index in [0.29, 0.717) is 5.52 Å². The molecule has 0 fully saturated rings. The van der Waals surface area contributed by atoms with Crippen LogP contribution in [0.5, 0.6) is 0 Å². The predicted octanol–water partition coefficient (Wildman–Crippen LogP) is 2.79. The van der Waals surface area contributed by atoms with Crippen LogP contribution in [0.15, 0.2) is 30.3 Å². The molecule has 2 N–H and O–H groups in total. The molecule has 0 saturated heterocycles. The number of hydrogen-bond donors (Lipinski definition) is 1. The van der Waals surface area contributed by atoms with Crippen LogP contribution >= 0.6 is 11.6 Å². The molecule has 106 valence electrons. The first-order chi connectivity index (χ1) is 9.54. The number of aromatic nitrogens is 1. The summed E-state index contributed by atoms with van der Waals surface area (Å²) in [6, 6.07) is 7.68. The van der Waals surface area contributed by atoms with Crippen LogP contribution < -0.4 is 5.73 Å². The van der Waals surface area contributed by atoms with E-state index >= 15 is 0 Å². The minimum atomic E-state index is -1.98. The summed E-state index contributed by atoms with van der Waals surface area (Å²) < 4.78 is 18.6. The second-order valence-electron chi connectivity index (χ2n) is 4.24. The fourth-order valence-corrected chi connectivity index (χ4v) is 2.14. The molecule has 0 aliphatic heterocycles. The summed E-state index contributed by atoms with van der Waals surface area (Å²) in [6.45, 7) is 1.69. The summed E-state index contributed by atoms with van der Waals surface area (Å²) in [5.74, 6) is -0.996. The predicted molar refractivity (Wildman–Crippen MR) is 75.2 cm³/mol. The first kappa shape index (κ1) is 14.7. The molecule has 0 aliphatic rings. The molecule has 0 bridgehead atoms. The van der Waals surface area contributed by atoms with E-state index in [1.54, 1.807) is 19.1 Å². The standard InChI is InChI=1S/C14H14ClFN2O2/c1-2-20-14(19)11(16)12(17)9-7-8-5-3-4-6-10(8)18-13(9)15/h3-7,11-12H,2,17H2,1H3/t11?,12-/m0/s1. The molecule has 1 unspecified atom stereocenters. The molecule has 6 heteroatoms. The molecular weight excluding hydrogens is 283 g/mol. The number of carbonyl (C=O) groups is 1. The zero-order valence-corrected chi connectivity index (χ0v) is 11.6. The number of hydrogen-bond acceptors (Lipinski definition) is 4. The first-order valence-corrected chi connectivity index (χ1v) is 6.54. The normalized spacial score (nSPS) is 14.0. The van der Waals surface area contributed by atoms with Gasteiger partial charge in [-0.15, -0.1) is 0 Å². The molecule has 2 atom stereocenters. The Labute approximate surface area is 120 Å². The molecule has 1 aromatic heterocycles. The van der Waals surface area contributed by atoms with Crippen molar-refractivity contribution in [3.05, 3.63) is 41.0 Å². The fourth-order valence-electron chi connectivity index (χ4n) is 1.87. The molecule has 2 aromatic rings. The number of para-hydroxylation sites is 1. The highest BCUT2D eigenvalue weighted by Crippen LogP contribution is 2.27. The largest absolute Gasteiger partial charge is 0.464 e. The maximum absolute atomic E-state index is 14.0. The average molecular weight is 297 g/mol. The Bertz CT molecular complexity index is 636. The number of nitrogens with zero attached hydrogens (tertiary/aromatic N) is 1. The van der Waals surface area contributed by atoms with E-state index in [4.69, 9.17) is 17.3 Å². The number of pyridine rings is 1. The van der Waals surface area contributed by atoms with Crippen LogP contribution in [0.4, 0.5) is 4.39 Å². The van der Waals surface area contributed by atoms with Gasteiger partial charge in [-0.25, -0.2) is 14.2 Å². The fraction of sp³-hybridized carbons (Fsp3) is 0.286. The Balaban J connectivity index is 2.36. The van der Waals surface area contributed by atoms with Crippen molar-refractivity contribution in [2.75, 3.05) is 6.61 Å². The second kappa shape index (κ2) is 6.15. The number of carbonyl (C=O) groups excluding carboxylic acids is 1. The third-order valence-electron chi connectivity index (χ3n) is 2.89. The van der Waals surface area contributed by atoms with Crippen molar-refractivity contribution in [2.45, 2.75) is 19.1 Å². The lowest BCUT2D eigenvalue weighted by Gasteiger charge is -2.17. The van der Waals surface area contributed by atoms with E-state index in [2.05, 4.69) is 9.72 Å². The molecule has 2 rings (SSSR count). The van der Waals surface area contributed by atoms with Crippen molar-refractivity contribution >= 4 is 28.5 Å². The highest BCUT2D eigenvalue weighted by molar-refractivity contribution is 6.30. The van der Waals surface area contributed by atoms with E-state index in [1.807, 2.05) is 18.2 Å². The van der Waals surface area contributed by atoms with Crippen LogP contribution in [0.25, 0.3) is 10.9 Å². The third-order valence-corrected chi connectivity index (χ3v) is 3.19. The van der Waals surface area contributed by atoms with E-state index in [-0.39, 0.29) is 17.3 Å². The van der Waals surface area contributed by atoms with Crippen LogP contribution in [0.2, 0.25) is 5.15 Å². The third kappa shape index (κ3) is 2.89. The lowest BCUT2D eigenvalue weighted by Crippen LogP contribution is -2.31. The zero-order chi connectivity index (χ0) is 14.7. The smallest absolute Gasteiger partial charge is 0.342 e. The summed E-state index contributed by atoms with van der Waals surface area (Å²) in [6.07, 6.45) is -1.98. The number of alkyl halides is 1. The van der Waals surface area contributed by atoms with Gasteiger partial charge in [-0.3, -0.25) is 0 Å². The Kier molecular flexibility index (Phi) is 4.52. The van der Waals surface area contributed by atoms with Crippen molar-refractivity contribution in [2.24, 2.45) is 5.73 Å². The summed E-state index contributed by atoms with van der Waals surface area (Å²) in [5.41, 5.74) is 6.73. The molecule has 1 aromatic carbocycles. The summed E-state index contributed by atoms with van der Waals surface area (Å²) >= 11 is 6.01. The van der Waals surface area contributed by atoms with Gasteiger partial charge in [0.15, 0.2) is 0 Å². The van der Waals surface area contributed by atoms with Crippen molar-refractivity contribution in [3.63, 3.8) is 0 Å². The van der Waals surface area contributed by atoms with E-state index in [9.17, 15) is 9.18 Å². The Morgan fingerprint density at radius 3 is 2.90 bits per heavy atom. The number of halogens is 2. The Morgan fingerprint density at radius 2 is 2.20 bits per heavy atom. The van der Waals surface area contributed by atoms with Gasteiger partial charge < -0.3 is 10.5 Å². The van der Waals surface area contributed by atoms with Crippen LogP contribution in [0, 0.1) is 0 Å². The van der Waals surface area contributed by atoms with Gasteiger partial charge in [0, 0.05) is 10.9 Å². The number of fused-ring (bicyclic) bond motifs is 1. The molecule has 0 amide bonds. The SMILES string of the molecule is CCOC(=O)C(F)[C@@H](N)c1cc2ccccc2nc1Cl. The molecular formula is C14H14ClFN2O2. The maximum Gasteiger partial charge on any atom is 0.342 e. The topological polar surface area (TPSA) is 65.2 Å². The number of benzene rings is 1. The lowest BCUT2D eigenvalue weighted by atomic mass is 10.0. The average Bonchev–Trinajstić information content (AvgIpc) is 2.45. The zero-order valence-electron chi connectivity index (χ0n) is 10.8. The van der Waals surface area contributed by atoms with Crippen molar-refractivity contribution in [1.82, 2.24) is 4.98 Å². The van der Waals surface area contributed by atoms with Crippen molar-refractivity contribution in [1.29, 1.82) is 0 Å². The van der Waals surface area contributed by atoms with E-state index in [0.717, 1.165) is 5.39 Å². The van der Waals surface area contributed by atoms with Gasteiger partial charge in [-0.2, -0.15) is 0 Å². The van der Waals surface area contributed by atoms with Crippen LogP contribution in [0.1, 0.15) is 18.5 Å². The van der Waals surface area contributed by atoms with E-state index < -0.39 is 18.2 Å². The Morgan fingerprint density at radius 1 is 1.50 bits per heavy atom. The Hall–Kier alpha value is -1.72. The summed E-state index contributed by atoms with van der Waals surface area (Å²) in [4.78, 5) is 15.5. The molecule has 4 nitrogen and oxygen atoms in total. The van der Waals surface area contributed by atoms with Crippen LogP contribution in [-0.2, 0) is 9.53 Å². The van der Waals surface area contributed by atoms with Crippen molar-refractivity contribution < 1.29 is 13.9 Å². The lowest BCUT2D eigenvalue weighted by molar-refractivity contribution is -0.149. The van der Waals surface area contributed by atoms with E-state index in [1.165, 1.54) is 0 Å². The van der Waals surface area contributed by atoms with Crippen LogP contribution in [0.3, 0.4) is 0 Å². The maximum atomic E-state index is 14.0. The second-order valence-corrected chi connectivity index (χ2v) is 4.60. The number of ether oxygens (including phenoxy) is 1. The highest BCUT2D eigenvalue weighted by atomic mass is 35.5. The number of rotatable bonds is 4. The highest BCUT2D eigenvalue weighted by Gasteiger charge is 2.29. The molecule has 1 heterocycles. The van der Waals surface area contributed by atoms with Gasteiger partial charge in [-0.05, 0) is 19.1 Å². The number of esters is 1. The van der Waals surface area contributed by atoms with Crippen LogP contribution in [-0.4, -0.2) is 23.7 Å². The van der Waals surface area contributed by atoms with Crippen molar-refractivity contribution in [3.8, 4) is 0 Å². The minimum absolute atomic E-state index is 0.0862. The minimum Gasteiger partial charge on any atom is -0.464 e. The van der Waals surface area contributed by atoms with Gasteiger partial charge >= 0.3 is 5.97 Å². The summed E-state index contributed by atoms with van der Waals surface area (Å²) in [5, 5.41) is 0.863.